The van der Waals surface area contributed by atoms with E-state index < -0.39 is 10.0 Å². The van der Waals surface area contributed by atoms with E-state index in [4.69, 9.17) is 5.73 Å². The van der Waals surface area contributed by atoms with Gasteiger partial charge in [-0.15, -0.1) is 0 Å². The SMILES string of the molecule is Cc1ccc(CN)cc1S(=O)(=O)NC1CCCC1C. The lowest BCUT2D eigenvalue weighted by atomic mass is 10.1. The second kappa shape index (κ2) is 5.61. The van der Waals surface area contributed by atoms with Gasteiger partial charge in [0.1, 0.15) is 0 Å². The van der Waals surface area contributed by atoms with E-state index in [0.717, 1.165) is 30.4 Å². The highest BCUT2D eigenvalue weighted by atomic mass is 32.2. The highest BCUT2D eigenvalue weighted by Crippen LogP contribution is 2.27. The van der Waals surface area contributed by atoms with Gasteiger partial charge in [-0.25, -0.2) is 13.1 Å². The molecular weight excluding hydrogens is 260 g/mol. The van der Waals surface area contributed by atoms with Crippen molar-refractivity contribution in [2.24, 2.45) is 11.7 Å². The molecule has 2 rings (SSSR count). The van der Waals surface area contributed by atoms with Gasteiger partial charge in [0.2, 0.25) is 10.0 Å². The quantitative estimate of drug-likeness (QED) is 0.886. The maximum absolute atomic E-state index is 12.5. The second-order valence-electron chi connectivity index (χ2n) is 5.44. The normalized spacial score (nSPS) is 23.7. The van der Waals surface area contributed by atoms with Crippen molar-refractivity contribution < 1.29 is 8.42 Å². The first-order valence-corrected chi connectivity index (χ1v) is 8.24. The van der Waals surface area contributed by atoms with E-state index in [2.05, 4.69) is 11.6 Å². The number of nitrogens with one attached hydrogen (secondary N) is 1. The third-order valence-electron chi connectivity index (χ3n) is 3.95. The zero-order valence-corrected chi connectivity index (χ0v) is 12.3. The smallest absolute Gasteiger partial charge is 0.241 e. The van der Waals surface area contributed by atoms with E-state index in [9.17, 15) is 8.42 Å². The fourth-order valence-corrected chi connectivity index (χ4v) is 4.32. The Hall–Kier alpha value is -0.910. The lowest BCUT2D eigenvalue weighted by Gasteiger charge is -2.18. The van der Waals surface area contributed by atoms with Crippen LogP contribution in [0.15, 0.2) is 23.1 Å². The molecule has 1 aliphatic rings. The summed E-state index contributed by atoms with van der Waals surface area (Å²) in [4.78, 5) is 0.356. The van der Waals surface area contributed by atoms with Crippen LogP contribution in [0.25, 0.3) is 0 Å². The van der Waals surface area contributed by atoms with Crippen LogP contribution < -0.4 is 10.5 Å². The van der Waals surface area contributed by atoms with Gasteiger partial charge >= 0.3 is 0 Å². The Morgan fingerprint density at radius 2 is 2.11 bits per heavy atom. The van der Waals surface area contributed by atoms with Crippen LogP contribution in [0.2, 0.25) is 0 Å². The number of aryl methyl sites for hydroxylation is 1. The monoisotopic (exact) mass is 282 g/mol. The molecule has 1 aromatic rings. The molecule has 1 saturated carbocycles. The Balaban J connectivity index is 2.28. The van der Waals surface area contributed by atoms with Gasteiger partial charge in [-0.3, -0.25) is 0 Å². The summed E-state index contributed by atoms with van der Waals surface area (Å²) in [5, 5.41) is 0. The van der Waals surface area contributed by atoms with Gasteiger partial charge in [-0.05, 0) is 42.9 Å². The Morgan fingerprint density at radius 3 is 2.68 bits per heavy atom. The molecule has 0 aromatic heterocycles. The average Bonchev–Trinajstić information content (AvgIpc) is 2.75. The number of hydrogen-bond acceptors (Lipinski definition) is 3. The van der Waals surface area contributed by atoms with E-state index in [1.165, 1.54) is 0 Å². The van der Waals surface area contributed by atoms with Crippen molar-refractivity contribution in [2.45, 2.75) is 50.6 Å². The number of hydrogen-bond donors (Lipinski definition) is 2. The zero-order chi connectivity index (χ0) is 14.0. The van der Waals surface area contributed by atoms with Crippen LogP contribution in [-0.4, -0.2) is 14.5 Å². The summed E-state index contributed by atoms with van der Waals surface area (Å²) in [6, 6.07) is 5.42. The first-order chi connectivity index (χ1) is 8.94. The summed E-state index contributed by atoms with van der Waals surface area (Å²) in [7, 11) is -3.45. The molecule has 0 saturated heterocycles. The molecule has 5 heteroatoms. The zero-order valence-electron chi connectivity index (χ0n) is 11.5. The van der Waals surface area contributed by atoms with E-state index in [0.29, 0.717) is 17.4 Å². The van der Waals surface area contributed by atoms with E-state index in [1.54, 1.807) is 6.07 Å². The molecular formula is C14H22N2O2S. The highest BCUT2D eigenvalue weighted by Gasteiger charge is 2.29. The van der Waals surface area contributed by atoms with Gasteiger partial charge in [0.15, 0.2) is 0 Å². The van der Waals surface area contributed by atoms with Crippen LogP contribution in [0.1, 0.15) is 37.3 Å². The highest BCUT2D eigenvalue weighted by molar-refractivity contribution is 7.89. The summed E-state index contributed by atoms with van der Waals surface area (Å²) in [6.45, 7) is 4.26. The van der Waals surface area contributed by atoms with Gasteiger partial charge < -0.3 is 5.73 Å². The topological polar surface area (TPSA) is 72.2 Å². The molecule has 2 atom stereocenters. The Labute approximate surface area is 115 Å². The predicted molar refractivity (Wildman–Crippen MR) is 76.2 cm³/mol. The predicted octanol–water partition coefficient (Wildman–Crippen LogP) is 1.92. The van der Waals surface area contributed by atoms with Crippen molar-refractivity contribution in [3.8, 4) is 0 Å². The molecule has 0 heterocycles. The molecule has 3 N–H and O–H groups in total. The summed E-state index contributed by atoms with van der Waals surface area (Å²) in [5.41, 5.74) is 7.18. The standard InChI is InChI=1S/C14H22N2O2S/c1-10-4-3-5-13(10)16-19(17,18)14-8-12(9-15)7-6-11(14)2/h6-8,10,13,16H,3-5,9,15H2,1-2H3. The molecule has 1 fully saturated rings. The minimum atomic E-state index is -3.45. The lowest BCUT2D eigenvalue weighted by molar-refractivity contribution is 0.476. The van der Waals surface area contributed by atoms with Crippen molar-refractivity contribution in [2.75, 3.05) is 0 Å². The van der Waals surface area contributed by atoms with Crippen LogP contribution >= 0.6 is 0 Å². The second-order valence-corrected chi connectivity index (χ2v) is 7.12. The summed E-state index contributed by atoms with van der Waals surface area (Å²) in [5.74, 6) is 0.410. The Morgan fingerprint density at radius 1 is 1.37 bits per heavy atom. The average molecular weight is 282 g/mol. The molecule has 1 aliphatic carbocycles. The van der Waals surface area contributed by atoms with E-state index in [1.807, 2.05) is 19.1 Å². The van der Waals surface area contributed by atoms with Gasteiger partial charge in [0, 0.05) is 12.6 Å². The molecule has 0 amide bonds. The molecule has 19 heavy (non-hydrogen) atoms. The Kier molecular flexibility index (Phi) is 4.28. The fraction of sp³-hybridized carbons (Fsp3) is 0.571. The number of sulfonamides is 1. The van der Waals surface area contributed by atoms with Crippen molar-refractivity contribution in [3.05, 3.63) is 29.3 Å². The molecule has 0 radical (unpaired) electrons. The molecule has 0 bridgehead atoms. The minimum Gasteiger partial charge on any atom is -0.326 e. The van der Waals surface area contributed by atoms with Gasteiger partial charge in [0.25, 0.3) is 0 Å². The lowest BCUT2D eigenvalue weighted by Crippen LogP contribution is -2.36. The first kappa shape index (κ1) is 14.5. The summed E-state index contributed by atoms with van der Waals surface area (Å²) in [6.07, 6.45) is 3.11. The molecule has 0 spiro atoms. The van der Waals surface area contributed by atoms with Crippen molar-refractivity contribution in [1.82, 2.24) is 4.72 Å². The molecule has 2 unspecified atom stereocenters. The maximum Gasteiger partial charge on any atom is 0.241 e. The Bertz CT molecular complexity index is 555. The first-order valence-electron chi connectivity index (χ1n) is 6.76. The van der Waals surface area contributed by atoms with Crippen molar-refractivity contribution >= 4 is 10.0 Å². The number of benzene rings is 1. The van der Waals surface area contributed by atoms with Gasteiger partial charge in [-0.2, -0.15) is 0 Å². The van der Waals surface area contributed by atoms with E-state index >= 15 is 0 Å². The van der Waals surface area contributed by atoms with Crippen molar-refractivity contribution in [1.29, 1.82) is 0 Å². The van der Waals surface area contributed by atoms with E-state index in [-0.39, 0.29) is 6.04 Å². The van der Waals surface area contributed by atoms with Crippen molar-refractivity contribution in [3.63, 3.8) is 0 Å². The molecule has 0 aliphatic heterocycles. The number of nitrogens with two attached hydrogens (primary N) is 1. The van der Waals surface area contributed by atoms with Gasteiger partial charge in [0.05, 0.1) is 4.90 Å². The number of rotatable bonds is 4. The van der Waals surface area contributed by atoms with Crippen LogP contribution in [-0.2, 0) is 16.6 Å². The minimum absolute atomic E-state index is 0.0610. The largest absolute Gasteiger partial charge is 0.326 e. The van der Waals surface area contributed by atoms with Crippen LogP contribution in [0.4, 0.5) is 0 Å². The third-order valence-corrected chi connectivity index (χ3v) is 5.58. The van der Waals surface area contributed by atoms with Crippen LogP contribution in [0.3, 0.4) is 0 Å². The van der Waals surface area contributed by atoms with Gasteiger partial charge in [-0.1, -0.05) is 25.5 Å². The summed E-state index contributed by atoms with van der Waals surface area (Å²) >= 11 is 0. The van der Waals surface area contributed by atoms with Crippen LogP contribution in [0.5, 0.6) is 0 Å². The molecule has 1 aromatic carbocycles. The third kappa shape index (κ3) is 3.16. The fourth-order valence-electron chi connectivity index (χ4n) is 2.64. The summed E-state index contributed by atoms with van der Waals surface area (Å²) < 4.78 is 27.8. The molecule has 106 valence electrons. The molecule has 4 nitrogen and oxygen atoms in total. The van der Waals surface area contributed by atoms with Crippen LogP contribution in [0, 0.1) is 12.8 Å². The maximum atomic E-state index is 12.5.